The van der Waals surface area contributed by atoms with E-state index in [9.17, 15) is 4.79 Å². The second-order valence-corrected chi connectivity index (χ2v) is 2.97. The zero-order valence-corrected chi connectivity index (χ0v) is 8.20. The van der Waals surface area contributed by atoms with Gasteiger partial charge in [0.05, 0.1) is 7.11 Å². The Balaban J connectivity index is 2.80. The third kappa shape index (κ3) is 2.65. The molecule has 2 N–H and O–H groups in total. The van der Waals surface area contributed by atoms with Crippen molar-refractivity contribution in [3.8, 4) is 5.75 Å². The van der Waals surface area contributed by atoms with Crippen LogP contribution in [0.1, 0.15) is 11.1 Å². The zero-order chi connectivity index (χ0) is 10.6. The van der Waals surface area contributed by atoms with Gasteiger partial charge in [0.15, 0.2) is 0 Å². The van der Waals surface area contributed by atoms with Crippen LogP contribution in [0.2, 0.25) is 0 Å². The summed E-state index contributed by atoms with van der Waals surface area (Å²) >= 11 is 0. The molecule has 1 aromatic carbocycles. The van der Waals surface area contributed by atoms with Crippen LogP contribution < -0.4 is 10.1 Å². The number of hydrogen-bond acceptors (Lipinski definition) is 2. The van der Waals surface area contributed by atoms with E-state index in [1.165, 1.54) is 0 Å². The quantitative estimate of drug-likeness (QED) is 0.772. The first kappa shape index (κ1) is 10.4. The summed E-state index contributed by atoms with van der Waals surface area (Å²) in [6.07, 6.45) is -1.03. The Morgan fingerprint density at radius 3 is 2.86 bits per heavy atom. The smallest absolute Gasteiger partial charge is 0.404 e. The van der Waals surface area contributed by atoms with E-state index in [4.69, 9.17) is 9.84 Å². The lowest BCUT2D eigenvalue weighted by Gasteiger charge is -2.08. The predicted molar refractivity (Wildman–Crippen MR) is 52.6 cm³/mol. The number of rotatable bonds is 3. The van der Waals surface area contributed by atoms with E-state index >= 15 is 0 Å². The molecule has 0 bridgehead atoms. The summed E-state index contributed by atoms with van der Waals surface area (Å²) in [5.41, 5.74) is 1.92. The van der Waals surface area contributed by atoms with Crippen LogP contribution in [0.4, 0.5) is 4.79 Å². The van der Waals surface area contributed by atoms with Crippen LogP contribution in [-0.2, 0) is 6.54 Å². The largest absolute Gasteiger partial charge is 0.496 e. The van der Waals surface area contributed by atoms with Gasteiger partial charge in [-0.2, -0.15) is 0 Å². The van der Waals surface area contributed by atoms with Crippen LogP contribution in [0.5, 0.6) is 5.75 Å². The average molecular weight is 195 g/mol. The highest BCUT2D eigenvalue weighted by Gasteiger charge is 2.03. The molecule has 1 rings (SSSR count). The Bertz CT molecular complexity index is 336. The highest BCUT2D eigenvalue weighted by molar-refractivity contribution is 5.64. The monoisotopic (exact) mass is 195 g/mol. The summed E-state index contributed by atoms with van der Waals surface area (Å²) in [5.74, 6) is 0.707. The fourth-order valence-corrected chi connectivity index (χ4v) is 1.17. The van der Waals surface area contributed by atoms with E-state index in [0.717, 1.165) is 11.1 Å². The third-order valence-corrected chi connectivity index (χ3v) is 1.87. The molecule has 1 aromatic rings. The molecule has 76 valence electrons. The summed E-state index contributed by atoms with van der Waals surface area (Å²) in [6, 6.07) is 5.64. The summed E-state index contributed by atoms with van der Waals surface area (Å²) in [7, 11) is 1.57. The lowest BCUT2D eigenvalue weighted by Crippen LogP contribution is -2.20. The minimum absolute atomic E-state index is 0.263. The molecule has 0 unspecified atom stereocenters. The van der Waals surface area contributed by atoms with Crippen LogP contribution in [0.15, 0.2) is 18.2 Å². The topological polar surface area (TPSA) is 58.6 Å². The maximum absolute atomic E-state index is 10.3. The molecule has 1 amide bonds. The van der Waals surface area contributed by atoms with Crippen LogP contribution in [0, 0.1) is 6.92 Å². The molecule has 0 aliphatic carbocycles. The molecule has 0 radical (unpaired) electrons. The van der Waals surface area contributed by atoms with E-state index in [1.807, 2.05) is 25.1 Å². The summed E-state index contributed by atoms with van der Waals surface area (Å²) < 4.78 is 5.13. The zero-order valence-electron chi connectivity index (χ0n) is 8.20. The van der Waals surface area contributed by atoms with Crippen molar-refractivity contribution in [2.24, 2.45) is 0 Å². The second-order valence-electron chi connectivity index (χ2n) is 2.97. The molecule has 0 fully saturated rings. The van der Waals surface area contributed by atoms with E-state index < -0.39 is 6.09 Å². The molecule has 4 nitrogen and oxygen atoms in total. The van der Waals surface area contributed by atoms with Gasteiger partial charge in [-0.3, -0.25) is 0 Å². The standard InChI is InChI=1S/C10H13NO3/c1-7-3-4-8(6-11-10(12)13)9(5-7)14-2/h3-5,11H,6H2,1-2H3,(H,12,13). The summed E-state index contributed by atoms with van der Waals surface area (Å²) in [6.45, 7) is 2.22. The number of amides is 1. The Kier molecular flexibility index (Phi) is 3.34. The number of hydrogen-bond donors (Lipinski definition) is 2. The second kappa shape index (κ2) is 4.50. The van der Waals surface area contributed by atoms with Gasteiger partial charge in [0, 0.05) is 12.1 Å². The molecule has 0 aliphatic heterocycles. The Hall–Kier alpha value is -1.71. The van der Waals surface area contributed by atoms with Gasteiger partial charge < -0.3 is 15.2 Å². The first-order chi connectivity index (χ1) is 6.63. The van der Waals surface area contributed by atoms with Crippen LogP contribution in [0.25, 0.3) is 0 Å². The summed E-state index contributed by atoms with van der Waals surface area (Å²) in [5, 5.41) is 10.7. The van der Waals surface area contributed by atoms with Crippen LogP contribution in [-0.4, -0.2) is 18.3 Å². The molecule has 0 saturated heterocycles. The molecule has 0 atom stereocenters. The van der Waals surface area contributed by atoms with E-state index in [-0.39, 0.29) is 6.54 Å². The minimum atomic E-state index is -1.03. The molecule has 0 heterocycles. The molecule has 0 spiro atoms. The van der Waals surface area contributed by atoms with Crippen molar-refractivity contribution in [1.29, 1.82) is 0 Å². The van der Waals surface area contributed by atoms with Crippen molar-refractivity contribution in [2.75, 3.05) is 7.11 Å². The number of nitrogens with one attached hydrogen (secondary N) is 1. The van der Waals surface area contributed by atoms with Crippen LogP contribution >= 0.6 is 0 Å². The van der Waals surface area contributed by atoms with Gasteiger partial charge in [-0.15, -0.1) is 0 Å². The van der Waals surface area contributed by atoms with Gasteiger partial charge in [0.2, 0.25) is 0 Å². The van der Waals surface area contributed by atoms with Gasteiger partial charge >= 0.3 is 6.09 Å². The van der Waals surface area contributed by atoms with Gasteiger partial charge in [-0.25, -0.2) is 4.79 Å². The number of aryl methyl sites for hydroxylation is 1. The maximum atomic E-state index is 10.3. The highest BCUT2D eigenvalue weighted by Crippen LogP contribution is 2.19. The fraction of sp³-hybridized carbons (Fsp3) is 0.300. The molecule has 14 heavy (non-hydrogen) atoms. The molecular formula is C10H13NO3. The molecule has 0 aliphatic rings. The number of methoxy groups -OCH3 is 1. The Morgan fingerprint density at radius 1 is 1.57 bits per heavy atom. The Morgan fingerprint density at radius 2 is 2.29 bits per heavy atom. The van der Waals surface area contributed by atoms with Crippen molar-refractivity contribution < 1.29 is 14.6 Å². The van der Waals surface area contributed by atoms with Crippen molar-refractivity contribution in [3.05, 3.63) is 29.3 Å². The van der Waals surface area contributed by atoms with E-state index in [0.29, 0.717) is 5.75 Å². The normalized spacial score (nSPS) is 9.57. The fourth-order valence-electron chi connectivity index (χ4n) is 1.17. The molecular weight excluding hydrogens is 182 g/mol. The van der Waals surface area contributed by atoms with Gasteiger partial charge in [0.1, 0.15) is 5.75 Å². The maximum Gasteiger partial charge on any atom is 0.404 e. The average Bonchev–Trinajstić information content (AvgIpc) is 2.15. The predicted octanol–water partition coefficient (Wildman–Crippen LogP) is 1.77. The van der Waals surface area contributed by atoms with Crippen molar-refractivity contribution in [1.82, 2.24) is 5.32 Å². The number of carbonyl (C=O) groups is 1. The number of benzene rings is 1. The SMILES string of the molecule is COc1cc(C)ccc1CNC(=O)O. The Labute approximate surface area is 82.5 Å². The van der Waals surface area contributed by atoms with E-state index in [2.05, 4.69) is 5.32 Å². The van der Waals surface area contributed by atoms with Gasteiger partial charge in [-0.1, -0.05) is 12.1 Å². The lowest BCUT2D eigenvalue weighted by molar-refractivity contribution is 0.194. The van der Waals surface area contributed by atoms with Crippen molar-refractivity contribution in [2.45, 2.75) is 13.5 Å². The highest BCUT2D eigenvalue weighted by atomic mass is 16.5. The number of ether oxygens (including phenoxy) is 1. The van der Waals surface area contributed by atoms with Crippen molar-refractivity contribution in [3.63, 3.8) is 0 Å². The van der Waals surface area contributed by atoms with Gasteiger partial charge in [0.25, 0.3) is 0 Å². The van der Waals surface area contributed by atoms with E-state index in [1.54, 1.807) is 7.11 Å². The van der Waals surface area contributed by atoms with Gasteiger partial charge in [-0.05, 0) is 18.6 Å². The number of carboxylic acid groups (broad SMARTS) is 1. The van der Waals surface area contributed by atoms with Crippen LogP contribution in [0.3, 0.4) is 0 Å². The molecule has 4 heteroatoms. The minimum Gasteiger partial charge on any atom is -0.496 e. The first-order valence-corrected chi connectivity index (χ1v) is 4.24. The molecule has 0 saturated carbocycles. The first-order valence-electron chi connectivity index (χ1n) is 4.24. The molecule has 0 aromatic heterocycles. The third-order valence-electron chi connectivity index (χ3n) is 1.87. The summed E-state index contributed by atoms with van der Waals surface area (Å²) in [4.78, 5) is 10.3. The lowest BCUT2D eigenvalue weighted by atomic mass is 10.1. The van der Waals surface area contributed by atoms with Crippen molar-refractivity contribution >= 4 is 6.09 Å².